The maximum absolute atomic E-state index is 12.7. The molecule has 0 saturated heterocycles. The topological polar surface area (TPSA) is 111 Å². The third kappa shape index (κ3) is 52.9. The van der Waals surface area contributed by atoms with Crippen LogP contribution < -0.4 is 5.11 Å². The number of esters is 2. The quantitative estimate of drug-likeness (QED) is 0.0195. The molecular weight excluding hydrogens is 863 g/mol. The molecule has 0 fully saturated rings. The molecule has 0 aliphatic heterocycles. The van der Waals surface area contributed by atoms with E-state index in [1.807, 2.05) is 33.3 Å². The molecule has 0 heterocycles. The van der Waals surface area contributed by atoms with Crippen LogP contribution >= 0.6 is 0 Å². The lowest BCUT2D eigenvalue weighted by Gasteiger charge is -2.26. The predicted molar refractivity (Wildman–Crippen MR) is 288 cm³/mol. The van der Waals surface area contributed by atoms with E-state index < -0.39 is 24.3 Å². The minimum atomic E-state index is -1.64. The number of hydrogen-bond donors (Lipinski definition) is 0. The van der Waals surface area contributed by atoms with Gasteiger partial charge in [-0.15, -0.1) is 0 Å². The number of nitrogens with zero attached hydrogens (tertiary/aromatic N) is 1. The summed E-state index contributed by atoms with van der Waals surface area (Å²) in [4.78, 5) is 37.1. The predicted octanol–water partition coefficient (Wildman–Crippen LogP) is 15.3. The Morgan fingerprint density at radius 2 is 0.826 bits per heavy atom. The van der Waals surface area contributed by atoms with E-state index in [-0.39, 0.29) is 38.6 Å². The van der Waals surface area contributed by atoms with E-state index >= 15 is 0 Å². The highest BCUT2D eigenvalue weighted by Crippen LogP contribution is 2.17. The van der Waals surface area contributed by atoms with Crippen LogP contribution in [0.15, 0.2) is 48.6 Å². The summed E-state index contributed by atoms with van der Waals surface area (Å²) in [5.74, 6) is -2.38. The van der Waals surface area contributed by atoms with Gasteiger partial charge in [-0.2, -0.15) is 0 Å². The Kier molecular flexibility index (Phi) is 49.5. The number of unbranched alkanes of at least 4 members (excludes halogenated alkanes) is 30. The lowest BCUT2D eigenvalue weighted by molar-refractivity contribution is -0.870. The number of carbonyl (C=O) groups is 3. The molecule has 0 aliphatic carbocycles. The summed E-state index contributed by atoms with van der Waals surface area (Å²) >= 11 is 0. The van der Waals surface area contributed by atoms with Crippen molar-refractivity contribution in [2.75, 3.05) is 47.5 Å². The number of aliphatic carboxylic acids is 1. The third-order valence-electron chi connectivity index (χ3n) is 12.6. The number of rotatable bonds is 53. The zero-order valence-electron chi connectivity index (χ0n) is 45.7. The van der Waals surface area contributed by atoms with E-state index in [4.69, 9.17) is 18.9 Å². The molecule has 9 nitrogen and oxygen atoms in total. The average molecular weight is 973 g/mol. The molecule has 0 amide bonds. The number of carboxylic acid groups (broad SMARTS) is 1. The van der Waals surface area contributed by atoms with Gasteiger partial charge in [0.05, 0.1) is 40.3 Å². The Hall–Kier alpha value is -2.75. The molecule has 69 heavy (non-hydrogen) atoms. The molecule has 0 rings (SSSR count). The van der Waals surface area contributed by atoms with Crippen LogP contribution in [0.1, 0.15) is 258 Å². The van der Waals surface area contributed by atoms with Crippen molar-refractivity contribution in [1.29, 1.82) is 0 Å². The molecule has 2 atom stereocenters. The highest BCUT2D eigenvalue weighted by molar-refractivity contribution is 5.70. The molecule has 402 valence electrons. The minimum absolute atomic E-state index is 0.127. The number of allylic oxidation sites excluding steroid dienone is 8. The molecular formula is C60H109NO8. The largest absolute Gasteiger partial charge is 0.545 e. The van der Waals surface area contributed by atoms with Crippen LogP contribution in [0, 0.1) is 0 Å². The van der Waals surface area contributed by atoms with Crippen LogP contribution in [0.5, 0.6) is 0 Å². The Bertz CT molecular complexity index is 1270. The first-order valence-corrected chi connectivity index (χ1v) is 28.8. The van der Waals surface area contributed by atoms with Crippen LogP contribution in [0.2, 0.25) is 0 Å². The van der Waals surface area contributed by atoms with Gasteiger partial charge in [-0.3, -0.25) is 9.59 Å². The van der Waals surface area contributed by atoms with Crippen LogP contribution in [0.25, 0.3) is 0 Å². The first-order valence-electron chi connectivity index (χ1n) is 28.8. The normalized spacial score (nSPS) is 13.1. The molecule has 0 aromatic carbocycles. The first kappa shape index (κ1) is 66.2. The van der Waals surface area contributed by atoms with Crippen LogP contribution in [-0.2, 0) is 33.3 Å². The van der Waals surface area contributed by atoms with Crippen molar-refractivity contribution in [2.45, 2.75) is 270 Å². The van der Waals surface area contributed by atoms with Crippen molar-refractivity contribution in [2.24, 2.45) is 0 Å². The van der Waals surface area contributed by atoms with Gasteiger partial charge in [0.1, 0.15) is 13.2 Å². The number of likely N-dealkylation sites (N-methyl/N-ethyl adjacent to an activating group) is 1. The molecule has 0 aromatic heterocycles. The molecule has 9 heteroatoms. The highest BCUT2D eigenvalue weighted by atomic mass is 16.7. The lowest BCUT2D eigenvalue weighted by atomic mass is 10.0. The molecule has 2 unspecified atom stereocenters. The summed E-state index contributed by atoms with van der Waals surface area (Å²) in [6.07, 6.45) is 60.7. The number of quaternary nitrogens is 1. The van der Waals surface area contributed by atoms with Gasteiger partial charge in [-0.1, -0.05) is 255 Å². The number of carboxylic acids is 1. The standard InChI is InChI=1S/C60H109NO8/c1-6-8-10-12-14-16-18-20-21-22-23-24-25-26-27-28-29-30-31-32-33-34-35-36-37-39-40-42-44-46-48-50-57(62)67-54-56(55-68-60(59(64)65)66-53-52-61(3,4)5)69-58(63)51-49-47-45-43-41-38-19-17-15-13-11-9-7-2/h9,11,15,17,38,41,45,47,56,60H,6-8,10,12-14,16,18-37,39-40,42-44,46,48-55H2,1-5H3/b11-9-,17-15-,41-38-,47-45-. The second-order valence-corrected chi connectivity index (χ2v) is 20.6. The second-order valence-electron chi connectivity index (χ2n) is 20.6. The van der Waals surface area contributed by atoms with Crippen LogP contribution in [0.4, 0.5) is 0 Å². The maximum atomic E-state index is 12.7. The van der Waals surface area contributed by atoms with Gasteiger partial charge in [-0.05, 0) is 38.5 Å². The number of hydrogen-bond acceptors (Lipinski definition) is 8. The molecule has 0 aromatic rings. The Balaban J connectivity index is 4.08. The van der Waals surface area contributed by atoms with Crippen molar-refractivity contribution >= 4 is 17.9 Å². The minimum Gasteiger partial charge on any atom is -0.545 e. The van der Waals surface area contributed by atoms with E-state index in [1.54, 1.807) is 0 Å². The van der Waals surface area contributed by atoms with Crippen molar-refractivity contribution in [1.82, 2.24) is 0 Å². The van der Waals surface area contributed by atoms with Crippen molar-refractivity contribution < 1.29 is 42.9 Å². The van der Waals surface area contributed by atoms with Gasteiger partial charge in [-0.25, -0.2) is 0 Å². The first-order chi connectivity index (χ1) is 33.6. The van der Waals surface area contributed by atoms with E-state index in [0.717, 1.165) is 44.9 Å². The summed E-state index contributed by atoms with van der Waals surface area (Å²) in [6.45, 7) is 4.57. The number of ether oxygens (including phenoxy) is 4. The molecule has 0 aliphatic rings. The lowest BCUT2D eigenvalue weighted by Crippen LogP contribution is -2.44. The zero-order valence-corrected chi connectivity index (χ0v) is 45.7. The average Bonchev–Trinajstić information content (AvgIpc) is 3.31. The zero-order chi connectivity index (χ0) is 50.6. The number of carbonyl (C=O) groups excluding carboxylic acids is 3. The Morgan fingerprint density at radius 1 is 0.449 bits per heavy atom. The highest BCUT2D eigenvalue weighted by Gasteiger charge is 2.21. The van der Waals surface area contributed by atoms with E-state index in [2.05, 4.69) is 50.3 Å². The smallest absolute Gasteiger partial charge is 0.306 e. The van der Waals surface area contributed by atoms with Crippen molar-refractivity contribution in [3.05, 3.63) is 48.6 Å². The molecule has 0 N–H and O–H groups in total. The van der Waals surface area contributed by atoms with Gasteiger partial charge < -0.3 is 33.3 Å². The van der Waals surface area contributed by atoms with Crippen LogP contribution in [0.3, 0.4) is 0 Å². The van der Waals surface area contributed by atoms with Gasteiger partial charge >= 0.3 is 11.9 Å². The monoisotopic (exact) mass is 972 g/mol. The Labute approximate surface area is 425 Å². The SMILES string of the molecule is CC/C=C\C/C=C\C/C=C\C/C=C\CCC(=O)OC(COC(=O)CCCCCCCCCCCCCCCCCCCCCCCCCCCCCCCCC)COC(OCC[N+](C)(C)C)C(=O)[O-]. The van der Waals surface area contributed by atoms with Crippen molar-refractivity contribution in [3.8, 4) is 0 Å². The van der Waals surface area contributed by atoms with Crippen molar-refractivity contribution in [3.63, 3.8) is 0 Å². The fourth-order valence-corrected chi connectivity index (χ4v) is 8.20. The Morgan fingerprint density at radius 3 is 1.20 bits per heavy atom. The van der Waals surface area contributed by atoms with Crippen LogP contribution in [-0.4, -0.2) is 82.3 Å². The fourth-order valence-electron chi connectivity index (χ4n) is 8.20. The second kappa shape index (κ2) is 51.6. The summed E-state index contributed by atoms with van der Waals surface area (Å²) in [5, 5.41) is 11.7. The molecule has 0 spiro atoms. The third-order valence-corrected chi connectivity index (χ3v) is 12.6. The fraction of sp³-hybridized carbons (Fsp3) is 0.817. The van der Waals surface area contributed by atoms with E-state index in [9.17, 15) is 19.5 Å². The summed E-state index contributed by atoms with van der Waals surface area (Å²) < 4.78 is 22.5. The van der Waals surface area contributed by atoms with Gasteiger partial charge in [0, 0.05) is 12.8 Å². The maximum Gasteiger partial charge on any atom is 0.306 e. The molecule has 0 bridgehead atoms. The van der Waals surface area contributed by atoms with E-state index in [1.165, 1.54) is 180 Å². The van der Waals surface area contributed by atoms with E-state index in [0.29, 0.717) is 17.4 Å². The van der Waals surface area contributed by atoms with Gasteiger partial charge in [0.25, 0.3) is 0 Å². The summed E-state index contributed by atoms with van der Waals surface area (Å²) in [6, 6.07) is 0. The molecule has 0 saturated carbocycles. The van der Waals surface area contributed by atoms with Gasteiger partial charge in [0.2, 0.25) is 0 Å². The summed E-state index contributed by atoms with van der Waals surface area (Å²) in [7, 11) is 5.90. The van der Waals surface area contributed by atoms with Gasteiger partial charge in [0.15, 0.2) is 12.4 Å². The molecule has 0 radical (unpaired) electrons. The summed E-state index contributed by atoms with van der Waals surface area (Å²) in [5.41, 5.74) is 0.